The molecule has 9 heteroatoms. The number of rotatable bonds is 4. The number of likely N-dealkylation sites (tertiary alicyclic amines) is 1. The summed E-state index contributed by atoms with van der Waals surface area (Å²) in [6.45, 7) is 5.74. The molecule has 2 aliphatic heterocycles. The Balaban J connectivity index is 1.54. The van der Waals surface area contributed by atoms with Crippen LogP contribution in [0.2, 0.25) is 0 Å². The molecule has 0 unspecified atom stereocenters. The van der Waals surface area contributed by atoms with Gasteiger partial charge < -0.3 is 19.5 Å². The zero-order valence-corrected chi connectivity index (χ0v) is 16.9. The summed E-state index contributed by atoms with van der Waals surface area (Å²) in [5, 5.41) is 22.8. The van der Waals surface area contributed by atoms with Crippen LogP contribution < -0.4 is 0 Å². The van der Waals surface area contributed by atoms with E-state index in [9.17, 15) is 14.7 Å². The maximum atomic E-state index is 12.9. The van der Waals surface area contributed by atoms with Gasteiger partial charge >= 0.3 is 0 Å². The quantitative estimate of drug-likeness (QED) is 0.829. The first kappa shape index (κ1) is 19.1. The lowest BCUT2D eigenvalue weighted by molar-refractivity contribution is -0.136. The smallest absolute Gasteiger partial charge is 0.227 e. The summed E-state index contributed by atoms with van der Waals surface area (Å²) >= 11 is 1.57. The second kappa shape index (κ2) is 7.63. The van der Waals surface area contributed by atoms with Gasteiger partial charge in [0.1, 0.15) is 0 Å². The van der Waals surface area contributed by atoms with Crippen LogP contribution in [0.15, 0.2) is 16.8 Å². The molecule has 0 saturated carbocycles. The van der Waals surface area contributed by atoms with Crippen molar-refractivity contribution in [2.75, 3.05) is 13.1 Å². The van der Waals surface area contributed by atoms with Crippen molar-refractivity contribution in [3.8, 4) is 0 Å². The van der Waals surface area contributed by atoms with Crippen LogP contribution in [0.5, 0.6) is 0 Å². The molecule has 2 aromatic rings. The van der Waals surface area contributed by atoms with E-state index in [1.54, 1.807) is 21.1 Å². The number of β-amino-alcohol motifs (C(OH)–C–C–N with tert-alkyl or cyclic N) is 1. The summed E-state index contributed by atoms with van der Waals surface area (Å²) in [5.74, 6) is 1.50. The van der Waals surface area contributed by atoms with Gasteiger partial charge in [-0.25, -0.2) is 0 Å². The van der Waals surface area contributed by atoms with Crippen molar-refractivity contribution < 1.29 is 14.7 Å². The highest BCUT2D eigenvalue weighted by molar-refractivity contribution is 7.08. The van der Waals surface area contributed by atoms with Crippen LogP contribution in [-0.4, -0.2) is 60.7 Å². The Bertz CT molecular complexity index is 863. The number of thiophene rings is 1. The summed E-state index contributed by atoms with van der Waals surface area (Å²) in [5.41, 5.74) is 0.987. The number of hydrogen-bond acceptors (Lipinski definition) is 6. The maximum Gasteiger partial charge on any atom is 0.227 e. The SMILES string of the molecule is CC(C)C(=O)N1CCn2c(nnc2[C@@H]2C[C@H](O)CN2C(=O)Cc2ccsc2)C1. The lowest BCUT2D eigenvalue weighted by Crippen LogP contribution is -2.41. The molecule has 0 bridgehead atoms. The summed E-state index contributed by atoms with van der Waals surface area (Å²) in [4.78, 5) is 28.7. The fraction of sp³-hybridized carbons (Fsp3) is 0.579. The fourth-order valence-electron chi connectivity index (χ4n) is 3.98. The van der Waals surface area contributed by atoms with E-state index in [2.05, 4.69) is 10.2 Å². The van der Waals surface area contributed by atoms with Crippen LogP contribution >= 0.6 is 11.3 Å². The van der Waals surface area contributed by atoms with E-state index in [1.165, 1.54) is 0 Å². The first-order valence-corrected chi connectivity index (χ1v) is 10.6. The molecule has 0 aliphatic carbocycles. The number of aromatic nitrogens is 3. The minimum atomic E-state index is -0.563. The van der Waals surface area contributed by atoms with Gasteiger partial charge in [-0.1, -0.05) is 13.8 Å². The molecule has 4 heterocycles. The highest BCUT2D eigenvalue weighted by atomic mass is 32.1. The van der Waals surface area contributed by atoms with Gasteiger partial charge in [-0.3, -0.25) is 9.59 Å². The molecule has 2 amide bonds. The van der Waals surface area contributed by atoms with Gasteiger partial charge in [-0.2, -0.15) is 11.3 Å². The first-order chi connectivity index (χ1) is 13.4. The van der Waals surface area contributed by atoms with Crippen LogP contribution in [0, 0.1) is 5.92 Å². The molecule has 1 N–H and O–H groups in total. The molecule has 8 nitrogen and oxygen atoms in total. The summed E-state index contributed by atoms with van der Waals surface area (Å²) in [6, 6.07) is 1.67. The number of carbonyl (C=O) groups is 2. The van der Waals surface area contributed by atoms with E-state index in [0.717, 1.165) is 11.4 Å². The van der Waals surface area contributed by atoms with Crippen LogP contribution in [0.1, 0.15) is 43.5 Å². The second-order valence-corrected chi connectivity index (χ2v) is 8.58. The average molecular weight is 404 g/mol. The normalized spacial score (nSPS) is 22.0. The molecular weight excluding hydrogens is 378 g/mol. The third kappa shape index (κ3) is 3.56. The van der Waals surface area contributed by atoms with Gasteiger partial charge in [0.2, 0.25) is 11.8 Å². The zero-order chi connectivity index (χ0) is 19.8. The molecule has 28 heavy (non-hydrogen) atoms. The predicted molar refractivity (Wildman–Crippen MR) is 103 cm³/mol. The Hall–Kier alpha value is -2.26. The van der Waals surface area contributed by atoms with Crippen molar-refractivity contribution in [2.24, 2.45) is 5.92 Å². The lowest BCUT2D eigenvalue weighted by atomic mass is 10.1. The second-order valence-electron chi connectivity index (χ2n) is 7.80. The van der Waals surface area contributed by atoms with E-state index >= 15 is 0 Å². The molecule has 4 rings (SSSR count). The Morgan fingerprint density at radius 2 is 2.14 bits per heavy atom. The van der Waals surface area contributed by atoms with E-state index < -0.39 is 6.10 Å². The molecule has 2 aromatic heterocycles. The molecule has 1 saturated heterocycles. The molecular formula is C19H25N5O3S. The molecule has 0 aromatic carbocycles. The predicted octanol–water partition coefficient (Wildman–Crippen LogP) is 1.21. The van der Waals surface area contributed by atoms with Crippen molar-refractivity contribution in [1.29, 1.82) is 0 Å². The largest absolute Gasteiger partial charge is 0.391 e. The molecule has 0 radical (unpaired) electrons. The highest BCUT2D eigenvalue weighted by Crippen LogP contribution is 2.33. The minimum Gasteiger partial charge on any atom is -0.391 e. The molecule has 0 spiro atoms. The Kier molecular flexibility index (Phi) is 5.20. The average Bonchev–Trinajstić information content (AvgIpc) is 3.39. The Labute approximate surface area is 167 Å². The standard InChI is InChI=1S/C19H25N5O3S/c1-12(2)19(27)22-4-5-23-16(10-22)20-21-18(23)15-8-14(25)9-24(15)17(26)7-13-3-6-28-11-13/h3,6,11-12,14-15,25H,4-5,7-10H2,1-2H3/t14-,15-/m0/s1. The minimum absolute atomic E-state index is 0.00952. The van der Waals surface area contributed by atoms with Crippen molar-refractivity contribution >= 4 is 23.2 Å². The van der Waals surface area contributed by atoms with Crippen LogP contribution in [0.3, 0.4) is 0 Å². The molecule has 2 aliphatic rings. The number of aliphatic hydroxyl groups excluding tert-OH is 1. The van der Waals surface area contributed by atoms with Gasteiger partial charge in [0.05, 0.1) is 25.1 Å². The van der Waals surface area contributed by atoms with Gasteiger partial charge in [-0.05, 0) is 22.4 Å². The molecule has 1 fully saturated rings. The van der Waals surface area contributed by atoms with Crippen molar-refractivity contribution in [3.05, 3.63) is 34.0 Å². The topological polar surface area (TPSA) is 91.6 Å². The highest BCUT2D eigenvalue weighted by Gasteiger charge is 2.39. The van der Waals surface area contributed by atoms with Crippen LogP contribution in [-0.2, 0) is 29.1 Å². The number of amides is 2. The van der Waals surface area contributed by atoms with Crippen molar-refractivity contribution in [1.82, 2.24) is 24.6 Å². The summed E-state index contributed by atoms with van der Waals surface area (Å²) < 4.78 is 2.01. The molecule has 2 atom stereocenters. The Morgan fingerprint density at radius 1 is 1.32 bits per heavy atom. The number of carbonyl (C=O) groups excluding carboxylic acids is 2. The van der Waals surface area contributed by atoms with E-state index in [0.29, 0.717) is 44.8 Å². The molecule has 150 valence electrons. The maximum absolute atomic E-state index is 12.9. The van der Waals surface area contributed by atoms with Crippen LogP contribution in [0.4, 0.5) is 0 Å². The van der Waals surface area contributed by atoms with Crippen LogP contribution in [0.25, 0.3) is 0 Å². The first-order valence-electron chi connectivity index (χ1n) is 9.63. The van der Waals surface area contributed by atoms with Gasteiger partial charge in [0.25, 0.3) is 0 Å². The zero-order valence-electron chi connectivity index (χ0n) is 16.1. The number of fused-ring (bicyclic) bond motifs is 1. The monoisotopic (exact) mass is 403 g/mol. The van der Waals surface area contributed by atoms with Gasteiger partial charge in [0, 0.05) is 32.0 Å². The third-order valence-corrected chi connectivity index (χ3v) is 6.15. The number of hydrogen-bond donors (Lipinski definition) is 1. The summed E-state index contributed by atoms with van der Waals surface area (Å²) in [7, 11) is 0. The Morgan fingerprint density at radius 3 is 2.86 bits per heavy atom. The van der Waals surface area contributed by atoms with E-state index in [1.807, 2.05) is 35.2 Å². The van der Waals surface area contributed by atoms with Gasteiger partial charge in [0.15, 0.2) is 11.6 Å². The summed E-state index contributed by atoms with van der Waals surface area (Å²) in [6.07, 6.45) is 0.221. The number of nitrogens with zero attached hydrogens (tertiary/aromatic N) is 5. The number of aliphatic hydroxyl groups is 1. The van der Waals surface area contributed by atoms with Crippen molar-refractivity contribution in [2.45, 2.75) is 51.9 Å². The van der Waals surface area contributed by atoms with Gasteiger partial charge in [-0.15, -0.1) is 10.2 Å². The lowest BCUT2D eigenvalue weighted by Gasteiger charge is -2.31. The van der Waals surface area contributed by atoms with E-state index in [4.69, 9.17) is 0 Å². The fourth-order valence-corrected chi connectivity index (χ4v) is 4.65. The third-order valence-electron chi connectivity index (χ3n) is 5.42. The van der Waals surface area contributed by atoms with E-state index in [-0.39, 0.29) is 23.8 Å². The van der Waals surface area contributed by atoms with Crippen molar-refractivity contribution in [3.63, 3.8) is 0 Å².